The molecule has 6 nitrogen and oxygen atoms in total. The lowest BCUT2D eigenvalue weighted by atomic mass is 10.0. The molecule has 4 rings (SSSR count). The summed E-state index contributed by atoms with van der Waals surface area (Å²) in [5.41, 5.74) is 2.32. The zero-order chi connectivity index (χ0) is 24.9. The van der Waals surface area contributed by atoms with Crippen LogP contribution in [0, 0.1) is 5.82 Å². The van der Waals surface area contributed by atoms with Gasteiger partial charge in [0.2, 0.25) is 0 Å². The number of benzene rings is 3. The fraction of sp³-hybridized carbons (Fsp3) is 0.0741. The summed E-state index contributed by atoms with van der Waals surface area (Å²) in [4.78, 5) is 38.6. The molecule has 35 heavy (non-hydrogen) atoms. The number of hydrogen-bond donors (Lipinski definition) is 1. The third-order valence-electron chi connectivity index (χ3n) is 5.25. The summed E-state index contributed by atoms with van der Waals surface area (Å²) in [5, 5.41) is 2.16. The van der Waals surface area contributed by atoms with Crippen molar-refractivity contribution >= 4 is 45.5 Å². The number of halogens is 2. The molecule has 3 aromatic carbocycles. The number of amides is 4. The van der Waals surface area contributed by atoms with Gasteiger partial charge in [0.15, 0.2) is 0 Å². The normalized spacial score (nSPS) is 14.7. The Bertz CT molecular complexity index is 1330. The lowest BCUT2D eigenvalue weighted by Gasteiger charge is -2.26. The van der Waals surface area contributed by atoms with Crippen molar-refractivity contribution in [2.75, 3.05) is 4.90 Å². The number of anilines is 1. The number of imide groups is 2. The Morgan fingerprint density at radius 3 is 2.40 bits per heavy atom. The summed E-state index contributed by atoms with van der Waals surface area (Å²) < 4.78 is 20.3. The Kier molecular flexibility index (Phi) is 7.22. The van der Waals surface area contributed by atoms with Crippen LogP contribution < -0.4 is 15.0 Å². The second kappa shape index (κ2) is 10.5. The van der Waals surface area contributed by atoms with Gasteiger partial charge in [-0.05, 0) is 77.7 Å². The number of rotatable bonds is 7. The highest BCUT2D eigenvalue weighted by Gasteiger charge is 2.36. The Balaban J connectivity index is 1.60. The molecule has 0 saturated carbocycles. The maximum atomic E-state index is 13.3. The molecule has 0 spiro atoms. The maximum Gasteiger partial charge on any atom is 0.335 e. The third-order valence-corrected chi connectivity index (χ3v) is 5.78. The lowest BCUT2D eigenvalue weighted by molar-refractivity contribution is -0.122. The fourth-order valence-electron chi connectivity index (χ4n) is 3.54. The topological polar surface area (TPSA) is 75.7 Å². The highest BCUT2D eigenvalue weighted by Crippen LogP contribution is 2.26. The second-order valence-corrected chi connectivity index (χ2v) is 8.63. The number of nitrogens with zero attached hydrogens (tertiary/aromatic N) is 1. The Morgan fingerprint density at radius 2 is 1.71 bits per heavy atom. The molecule has 1 aliphatic rings. The van der Waals surface area contributed by atoms with Gasteiger partial charge < -0.3 is 4.74 Å². The van der Waals surface area contributed by atoms with E-state index in [0.717, 1.165) is 32.6 Å². The van der Waals surface area contributed by atoms with Gasteiger partial charge in [0.05, 0.1) is 5.69 Å². The highest BCUT2D eigenvalue weighted by atomic mass is 79.9. The van der Waals surface area contributed by atoms with Gasteiger partial charge in [0.25, 0.3) is 11.8 Å². The third kappa shape index (κ3) is 5.55. The standard InChI is InChI=1S/C27H20BrFN2O4/c1-2-3-19-14-18(6-13-24(19)35-16-17-4-7-20(28)8-5-17)15-23-25(32)30-27(34)31(26(23)33)22-11-9-21(29)10-12-22/h2,4-15H,1,3,16H2,(H,30,32,34)/b23-15+. The van der Waals surface area contributed by atoms with Crippen LogP contribution in [0.2, 0.25) is 0 Å². The van der Waals surface area contributed by atoms with Crippen molar-refractivity contribution in [3.63, 3.8) is 0 Å². The minimum absolute atomic E-state index is 0.149. The van der Waals surface area contributed by atoms with Crippen molar-refractivity contribution < 1.29 is 23.5 Å². The molecule has 1 heterocycles. The van der Waals surface area contributed by atoms with Crippen molar-refractivity contribution in [1.82, 2.24) is 5.32 Å². The minimum atomic E-state index is -0.896. The number of barbiturate groups is 1. The number of urea groups is 1. The summed E-state index contributed by atoms with van der Waals surface area (Å²) in [6, 6.07) is 17.0. The minimum Gasteiger partial charge on any atom is -0.489 e. The Labute approximate surface area is 209 Å². The van der Waals surface area contributed by atoms with Crippen molar-refractivity contribution in [2.45, 2.75) is 13.0 Å². The average Bonchev–Trinajstić information content (AvgIpc) is 2.83. The molecule has 1 saturated heterocycles. The van der Waals surface area contributed by atoms with Crippen LogP contribution in [0.1, 0.15) is 16.7 Å². The zero-order valence-corrected chi connectivity index (χ0v) is 20.0. The molecule has 0 unspecified atom stereocenters. The maximum absolute atomic E-state index is 13.3. The summed E-state index contributed by atoms with van der Waals surface area (Å²) >= 11 is 3.41. The molecule has 0 bridgehead atoms. The summed E-state index contributed by atoms with van der Waals surface area (Å²) in [6.07, 6.45) is 3.64. The molecule has 8 heteroatoms. The molecule has 0 atom stereocenters. The van der Waals surface area contributed by atoms with E-state index in [1.54, 1.807) is 24.3 Å². The lowest BCUT2D eigenvalue weighted by Crippen LogP contribution is -2.54. The van der Waals surface area contributed by atoms with E-state index in [9.17, 15) is 18.8 Å². The molecule has 0 aliphatic carbocycles. The molecule has 1 fully saturated rings. The van der Waals surface area contributed by atoms with Crippen molar-refractivity contribution in [3.8, 4) is 5.75 Å². The molecule has 0 radical (unpaired) electrons. The molecular weight excluding hydrogens is 515 g/mol. The van der Waals surface area contributed by atoms with Gasteiger partial charge in [-0.25, -0.2) is 14.1 Å². The van der Waals surface area contributed by atoms with E-state index in [0.29, 0.717) is 24.3 Å². The molecule has 3 aromatic rings. The van der Waals surface area contributed by atoms with Gasteiger partial charge in [0.1, 0.15) is 23.7 Å². The van der Waals surface area contributed by atoms with E-state index in [-0.39, 0.29) is 11.3 Å². The number of hydrogen-bond acceptors (Lipinski definition) is 4. The van der Waals surface area contributed by atoms with Gasteiger partial charge in [-0.3, -0.25) is 14.9 Å². The van der Waals surface area contributed by atoms with Gasteiger partial charge >= 0.3 is 6.03 Å². The Hall–Kier alpha value is -4.04. The quantitative estimate of drug-likeness (QED) is 0.244. The number of carbonyl (C=O) groups is 3. The van der Waals surface area contributed by atoms with E-state index in [1.807, 2.05) is 24.3 Å². The first-order valence-electron chi connectivity index (χ1n) is 10.6. The Morgan fingerprint density at radius 1 is 1.00 bits per heavy atom. The van der Waals surface area contributed by atoms with E-state index >= 15 is 0 Å². The first-order valence-corrected chi connectivity index (χ1v) is 11.4. The first-order chi connectivity index (χ1) is 16.9. The van der Waals surface area contributed by atoms with Crippen LogP contribution in [0.3, 0.4) is 0 Å². The van der Waals surface area contributed by atoms with E-state index in [4.69, 9.17) is 4.74 Å². The number of carbonyl (C=O) groups excluding carboxylic acids is 3. The summed E-state index contributed by atoms with van der Waals surface area (Å²) in [6.45, 7) is 4.16. The predicted molar refractivity (Wildman–Crippen MR) is 134 cm³/mol. The van der Waals surface area contributed by atoms with Crippen LogP contribution in [0.5, 0.6) is 5.75 Å². The van der Waals surface area contributed by atoms with Gasteiger partial charge in [-0.1, -0.05) is 40.2 Å². The highest BCUT2D eigenvalue weighted by molar-refractivity contribution is 9.10. The van der Waals surface area contributed by atoms with Crippen LogP contribution >= 0.6 is 15.9 Å². The molecule has 0 aromatic heterocycles. The van der Waals surface area contributed by atoms with Crippen LogP contribution in [0.25, 0.3) is 6.08 Å². The van der Waals surface area contributed by atoms with Crippen LogP contribution in [-0.2, 0) is 22.6 Å². The van der Waals surface area contributed by atoms with Crippen LogP contribution in [-0.4, -0.2) is 17.8 Å². The fourth-order valence-corrected chi connectivity index (χ4v) is 3.80. The average molecular weight is 535 g/mol. The predicted octanol–water partition coefficient (Wildman–Crippen LogP) is 5.56. The molecule has 1 N–H and O–H groups in total. The van der Waals surface area contributed by atoms with Crippen LogP contribution in [0.4, 0.5) is 14.9 Å². The zero-order valence-electron chi connectivity index (χ0n) is 18.5. The molecule has 4 amide bonds. The number of allylic oxidation sites excluding steroid dienone is 1. The summed E-state index contributed by atoms with van der Waals surface area (Å²) in [7, 11) is 0. The first kappa shape index (κ1) is 24.1. The monoisotopic (exact) mass is 534 g/mol. The van der Waals surface area contributed by atoms with Crippen molar-refractivity contribution in [1.29, 1.82) is 0 Å². The van der Waals surface area contributed by atoms with Gasteiger partial charge in [-0.15, -0.1) is 6.58 Å². The van der Waals surface area contributed by atoms with Gasteiger partial charge in [-0.2, -0.15) is 0 Å². The van der Waals surface area contributed by atoms with E-state index < -0.39 is 23.7 Å². The van der Waals surface area contributed by atoms with Crippen molar-refractivity contribution in [2.24, 2.45) is 0 Å². The number of ether oxygens (including phenoxy) is 1. The van der Waals surface area contributed by atoms with E-state index in [1.165, 1.54) is 18.2 Å². The summed E-state index contributed by atoms with van der Waals surface area (Å²) in [5.74, 6) is -1.47. The van der Waals surface area contributed by atoms with Crippen molar-refractivity contribution in [3.05, 3.63) is 112 Å². The smallest absolute Gasteiger partial charge is 0.335 e. The van der Waals surface area contributed by atoms with E-state index in [2.05, 4.69) is 27.8 Å². The second-order valence-electron chi connectivity index (χ2n) is 7.71. The van der Waals surface area contributed by atoms with Crippen LogP contribution in [0.15, 0.2) is 89.4 Å². The largest absolute Gasteiger partial charge is 0.489 e. The van der Waals surface area contributed by atoms with Gasteiger partial charge in [0, 0.05) is 4.47 Å². The molecule has 1 aliphatic heterocycles. The SMILES string of the molecule is C=CCc1cc(/C=C2\C(=O)NC(=O)N(c3ccc(F)cc3)C2=O)ccc1OCc1ccc(Br)cc1. The molecule has 176 valence electrons. The number of nitrogens with one attached hydrogen (secondary N) is 1. The molecular formula is C27H20BrFN2O4.